The second kappa shape index (κ2) is 7.32. The van der Waals surface area contributed by atoms with Crippen LogP contribution in [0.25, 0.3) is 16.7 Å². The fourth-order valence-corrected chi connectivity index (χ4v) is 3.24. The molecule has 9 heteroatoms. The van der Waals surface area contributed by atoms with Gasteiger partial charge in [0, 0.05) is 17.1 Å². The van der Waals surface area contributed by atoms with E-state index in [1.807, 2.05) is 25.1 Å². The molecule has 0 radical (unpaired) electrons. The van der Waals surface area contributed by atoms with Gasteiger partial charge in [-0.25, -0.2) is 0 Å². The molecule has 0 spiro atoms. The van der Waals surface area contributed by atoms with Crippen LogP contribution >= 0.6 is 11.6 Å². The van der Waals surface area contributed by atoms with Gasteiger partial charge in [0.2, 0.25) is 5.78 Å². The first-order valence-corrected chi connectivity index (χ1v) is 9.05. The minimum atomic E-state index is -0.103. The van der Waals surface area contributed by atoms with E-state index < -0.39 is 0 Å². The lowest BCUT2D eigenvalue weighted by molar-refractivity contribution is 0.124. The van der Waals surface area contributed by atoms with Crippen LogP contribution in [0.2, 0.25) is 5.02 Å². The second-order valence-corrected chi connectivity index (χ2v) is 6.51. The molecule has 0 bridgehead atoms. The van der Waals surface area contributed by atoms with Crippen LogP contribution in [0.1, 0.15) is 18.3 Å². The molecule has 0 saturated carbocycles. The van der Waals surface area contributed by atoms with Gasteiger partial charge in [-0.05, 0) is 31.2 Å². The first-order chi connectivity index (χ1) is 13.6. The minimum absolute atomic E-state index is 0.0361. The molecule has 0 atom stereocenters. The molecule has 0 aliphatic carbocycles. The van der Waals surface area contributed by atoms with Gasteiger partial charge in [-0.1, -0.05) is 41.0 Å². The standard InChI is InChI=1S/C19H17ClN6O2/c1-2-25-18(27)14-8-3-4-9-15(14)26-16(22-23-19(25)26)11-28-24-17(21)12-6-5-7-13(20)10-12/h3-10H,2,11H2,1H3,(H2,21,24). The summed E-state index contributed by atoms with van der Waals surface area (Å²) in [5.41, 5.74) is 7.21. The summed E-state index contributed by atoms with van der Waals surface area (Å²) in [7, 11) is 0. The van der Waals surface area contributed by atoms with Crippen LogP contribution in [0.5, 0.6) is 0 Å². The number of para-hydroxylation sites is 1. The van der Waals surface area contributed by atoms with Crippen LogP contribution in [0, 0.1) is 0 Å². The van der Waals surface area contributed by atoms with E-state index >= 15 is 0 Å². The van der Waals surface area contributed by atoms with Crippen molar-refractivity contribution in [2.75, 3.05) is 0 Å². The molecule has 8 nitrogen and oxygen atoms in total. The van der Waals surface area contributed by atoms with E-state index in [0.29, 0.717) is 39.6 Å². The van der Waals surface area contributed by atoms with Crippen LogP contribution in [-0.4, -0.2) is 25.0 Å². The van der Waals surface area contributed by atoms with Crippen molar-refractivity contribution in [1.82, 2.24) is 19.2 Å². The van der Waals surface area contributed by atoms with Gasteiger partial charge in [-0.15, -0.1) is 10.2 Å². The number of benzene rings is 2. The van der Waals surface area contributed by atoms with E-state index in [1.54, 1.807) is 39.3 Å². The van der Waals surface area contributed by atoms with Crippen molar-refractivity contribution < 1.29 is 4.84 Å². The number of oxime groups is 1. The Hall–Kier alpha value is -3.39. The minimum Gasteiger partial charge on any atom is -0.386 e. The lowest BCUT2D eigenvalue weighted by atomic mass is 10.2. The summed E-state index contributed by atoms with van der Waals surface area (Å²) >= 11 is 5.97. The van der Waals surface area contributed by atoms with E-state index in [4.69, 9.17) is 22.2 Å². The quantitative estimate of drug-likeness (QED) is 0.317. The molecular weight excluding hydrogens is 380 g/mol. The highest BCUT2D eigenvalue weighted by atomic mass is 35.5. The molecule has 0 unspecified atom stereocenters. The maximum atomic E-state index is 12.7. The third-order valence-corrected chi connectivity index (χ3v) is 4.60. The van der Waals surface area contributed by atoms with Crippen molar-refractivity contribution in [3.63, 3.8) is 0 Å². The summed E-state index contributed by atoms with van der Waals surface area (Å²) in [5, 5.41) is 13.4. The second-order valence-electron chi connectivity index (χ2n) is 6.08. The molecule has 2 N–H and O–H groups in total. The topological polar surface area (TPSA) is 99.8 Å². The summed E-state index contributed by atoms with van der Waals surface area (Å²) < 4.78 is 3.37. The van der Waals surface area contributed by atoms with Gasteiger partial charge in [0.15, 0.2) is 18.3 Å². The fourth-order valence-electron chi connectivity index (χ4n) is 3.05. The summed E-state index contributed by atoms with van der Waals surface area (Å²) in [5.74, 6) is 1.17. The molecule has 4 aromatic rings. The Bertz CT molecular complexity index is 1260. The molecule has 0 saturated heterocycles. The maximum absolute atomic E-state index is 12.7. The zero-order chi connectivity index (χ0) is 19.7. The first kappa shape index (κ1) is 18.0. The third-order valence-electron chi connectivity index (χ3n) is 4.37. The Kier molecular flexibility index (Phi) is 4.70. The number of halogens is 1. The Morgan fingerprint density at radius 2 is 2.04 bits per heavy atom. The Labute approximate surface area is 164 Å². The summed E-state index contributed by atoms with van der Waals surface area (Å²) in [4.78, 5) is 18.1. The number of rotatable bonds is 5. The lowest BCUT2D eigenvalue weighted by Gasteiger charge is -2.09. The van der Waals surface area contributed by atoms with Crippen LogP contribution in [0.15, 0.2) is 58.5 Å². The molecular formula is C19H17ClN6O2. The highest BCUT2D eigenvalue weighted by Crippen LogP contribution is 2.15. The predicted molar refractivity (Wildman–Crippen MR) is 107 cm³/mol. The fraction of sp³-hybridized carbons (Fsp3) is 0.158. The number of nitrogens with two attached hydrogens (primary N) is 1. The van der Waals surface area contributed by atoms with Crippen LogP contribution in [0.4, 0.5) is 0 Å². The highest BCUT2D eigenvalue weighted by Gasteiger charge is 2.15. The van der Waals surface area contributed by atoms with Crippen molar-refractivity contribution in [1.29, 1.82) is 0 Å². The molecule has 0 amide bonds. The van der Waals surface area contributed by atoms with Crippen molar-refractivity contribution in [3.8, 4) is 0 Å². The number of fused-ring (bicyclic) bond motifs is 3. The number of aryl methyl sites for hydroxylation is 1. The highest BCUT2D eigenvalue weighted by molar-refractivity contribution is 6.31. The molecule has 142 valence electrons. The van der Waals surface area contributed by atoms with Crippen LogP contribution < -0.4 is 11.3 Å². The normalized spacial score (nSPS) is 12.0. The first-order valence-electron chi connectivity index (χ1n) is 8.67. The van der Waals surface area contributed by atoms with Gasteiger partial charge in [0.05, 0.1) is 10.9 Å². The third kappa shape index (κ3) is 3.07. The van der Waals surface area contributed by atoms with Crippen LogP contribution in [-0.2, 0) is 18.0 Å². The van der Waals surface area contributed by atoms with Gasteiger partial charge < -0.3 is 10.6 Å². The van der Waals surface area contributed by atoms with Gasteiger partial charge in [-0.2, -0.15) is 0 Å². The smallest absolute Gasteiger partial charge is 0.262 e. The molecule has 0 fully saturated rings. The SMILES string of the molecule is CCn1c(=O)c2ccccc2n2c(CO/N=C(/N)c3cccc(Cl)c3)nnc12. The molecule has 0 aliphatic heterocycles. The van der Waals surface area contributed by atoms with Crippen molar-refractivity contribution >= 4 is 34.1 Å². The zero-order valence-electron chi connectivity index (χ0n) is 15.0. The lowest BCUT2D eigenvalue weighted by Crippen LogP contribution is -2.22. The molecule has 2 aromatic heterocycles. The Balaban J connectivity index is 1.71. The van der Waals surface area contributed by atoms with E-state index in [0.717, 1.165) is 0 Å². The van der Waals surface area contributed by atoms with E-state index in [1.165, 1.54) is 0 Å². The van der Waals surface area contributed by atoms with Crippen LogP contribution in [0.3, 0.4) is 0 Å². The maximum Gasteiger partial charge on any atom is 0.262 e. The average Bonchev–Trinajstić information content (AvgIpc) is 3.12. The predicted octanol–water partition coefficient (Wildman–Crippen LogP) is 2.55. The van der Waals surface area contributed by atoms with E-state index in [9.17, 15) is 4.79 Å². The van der Waals surface area contributed by atoms with Gasteiger partial charge in [0.25, 0.3) is 5.56 Å². The molecule has 28 heavy (non-hydrogen) atoms. The number of nitrogens with zero attached hydrogens (tertiary/aromatic N) is 5. The van der Waals surface area contributed by atoms with Crippen molar-refractivity contribution in [3.05, 3.63) is 75.3 Å². The number of amidine groups is 1. The Morgan fingerprint density at radius 3 is 2.82 bits per heavy atom. The summed E-state index contributed by atoms with van der Waals surface area (Å²) in [6.07, 6.45) is 0. The van der Waals surface area contributed by atoms with E-state index in [2.05, 4.69) is 15.4 Å². The Morgan fingerprint density at radius 1 is 1.21 bits per heavy atom. The number of hydrogen-bond acceptors (Lipinski definition) is 5. The van der Waals surface area contributed by atoms with Gasteiger partial charge in [-0.3, -0.25) is 13.8 Å². The summed E-state index contributed by atoms with van der Waals surface area (Å²) in [6.45, 7) is 2.40. The molecule has 0 aliphatic rings. The number of hydrogen-bond donors (Lipinski definition) is 1. The van der Waals surface area contributed by atoms with Gasteiger partial charge >= 0.3 is 0 Å². The van der Waals surface area contributed by atoms with Gasteiger partial charge in [0.1, 0.15) is 0 Å². The monoisotopic (exact) mass is 396 g/mol. The molecule has 2 heterocycles. The van der Waals surface area contributed by atoms with Crippen molar-refractivity contribution in [2.45, 2.75) is 20.1 Å². The van der Waals surface area contributed by atoms with E-state index in [-0.39, 0.29) is 18.0 Å². The average molecular weight is 397 g/mol. The number of aromatic nitrogens is 4. The molecule has 2 aromatic carbocycles. The largest absolute Gasteiger partial charge is 0.386 e. The van der Waals surface area contributed by atoms with Crippen molar-refractivity contribution in [2.24, 2.45) is 10.9 Å². The zero-order valence-corrected chi connectivity index (χ0v) is 15.8. The molecule has 4 rings (SSSR count). The summed E-state index contributed by atoms with van der Waals surface area (Å²) in [6, 6.07) is 14.3.